The van der Waals surface area contributed by atoms with Crippen LogP contribution in [0.1, 0.15) is 33.7 Å². The van der Waals surface area contributed by atoms with Crippen LogP contribution in [0.5, 0.6) is 0 Å². The van der Waals surface area contributed by atoms with Gasteiger partial charge in [0.1, 0.15) is 0 Å². The van der Waals surface area contributed by atoms with Crippen LogP contribution in [-0.4, -0.2) is 85.3 Å². The molecular formula is C28H31Cl2N7O5S. The first kappa shape index (κ1) is 32.2. The number of amides is 3. The molecule has 1 aliphatic rings. The smallest absolute Gasteiger partial charge is 0.274 e. The molecular weight excluding hydrogens is 617 g/mol. The zero-order chi connectivity index (χ0) is 31.1. The maximum Gasteiger partial charge on any atom is 0.274 e. The third kappa shape index (κ3) is 8.21. The summed E-state index contributed by atoms with van der Waals surface area (Å²) in [5, 5.41) is 15.0. The fourth-order valence-electron chi connectivity index (χ4n) is 4.39. The summed E-state index contributed by atoms with van der Waals surface area (Å²) in [6.45, 7) is 0.940. The van der Waals surface area contributed by atoms with E-state index >= 15 is 0 Å². The first-order valence-corrected chi connectivity index (χ1v) is 15.5. The molecule has 4 N–H and O–H groups in total. The van der Waals surface area contributed by atoms with Gasteiger partial charge < -0.3 is 20.9 Å². The highest BCUT2D eigenvalue weighted by molar-refractivity contribution is 7.89. The summed E-state index contributed by atoms with van der Waals surface area (Å²) in [7, 11) is -0.0788. The molecule has 2 aromatic carbocycles. The number of aromatic amines is 1. The third-order valence-electron chi connectivity index (χ3n) is 6.56. The summed E-state index contributed by atoms with van der Waals surface area (Å²) in [5.74, 6) is -1.50. The molecule has 1 fully saturated rings. The predicted molar refractivity (Wildman–Crippen MR) is 165 cm³/mol. The normalized spacial score (nSPS) is 14.6. The number of hydrogen-bond donors (Lipinski definition) is 4. The average Bonchev–Trinajstić information content (AvgIpc) is 3.41. The number of likely N-dealkylation sites (N-methyl/N-ethyl adjacent to an activating group) is 1. The van der Waals surface area contributed by atoms with Gasteiger partial charge in [0.05, 0.1) is 26.2 Å². The van der Waals surface area contributed by atoms with Crippen molar-refractivity contribution in [3.63, 3.8) is 0 Å². The van der Waals surface area contributed by atoms with E-state index in [1.165, 1.54) is 40.8 Å². The van der Waals surface area contributed by atoms with Gasteiger partial charge in [0.25, 0.3) is 11.8 Å². The lowest BCUT2D eigenvalue weighted by atomic mass is 10.1. The summed E-state index contributed by atoms with van der Waals surface area (Å²) in [6, 6.07) is 10.4. The van der Waals surface area contributed by atoms with Gasteiger partial charge in [-0.1, -0.05) is 41.4 Å². The number of rotatable bonds is 10. The highest BCUT2D eigenvalue weighted by atomic mass is 35.5. The summed E-state index contributed by atoms with van der Waals surface area (Å²) >= 11 is 12.2. The fourth-order valence-corrected chi connectivity index (χ4v) is 6.48. The van der Waals surface area contributed by atoms with E-state index in [9.17, 15) is 22.8 Å². The van der Waals surface area contributed by atoms with Crippen LogP contribution >= 0.6 is 23.2 Å². The Kier molecular flexibility index (Phi) is 10.6. The summed E-state index contributed by atoms with van der Waals surface area (Å²) in [4.78, 5) is 39.9. The first-order valence-electron chi connectivity index (χ1n) is 13.3. The Morgan fingerprint density at radius 1 is 1.05 bits per heavy atom. The molecule has 3 aromatic rings. The molecule has 2 heterocycles. The molecule has 43 heavy (non-hydrogen) atoms. The molecule has 15 heteroatoms. The van der Waals surface area contributed by atoms with Gasteiger partial charge in [0.2, 0.25) is 15.9 Å². The second-order valence-corrected chi connectivity index (χ2v) is 12.8. The standard InChI is InChI=1S/C28H31Cl2N7O5S/c1-36(2)13-5-10-24(38)32-19-6-3-7-20(16-19)43(41,42)37-14-11-18(12-15-37)33-28(40)26-23(17-31-35-26)34-27(39)25-21(29)8-4-9-22(25)30/h3-10,16-18H,11-15H2,1-2H3,(H,31,35)(H,32,38)(H,33,40)(H,34,39)/b10-5+. The van der Waals surface area contributed by atoms with Crippen molar-refractivity contribution in [1.29, 1.82) is 0 Å². The number of anilines is 2. The van der Waals surface area contributed by atoms with Gasteiger partial charge in [-0.2, -0.15) is 9.40 Å². The second kappa shape index (κ2) is 14.1. The number of halogens is 2. The quantitative estimate of drug-likeness (QED) is 0.245. The third-order valence-corrected chi connectivity index (χ3v) is 9.09. The highest BCUT2D eigenvalue weighted by Gasteiger charge is 2.31. The van der Waals surface area contributed by atoms with Crippen molar-refractivity contribution in [3.8, 4) is 0 Å². The minimum Gasteiger partial charge on any atom is -0.348 e. The van der Waals surface area contributed by atoms with Crippen LogP contribution in [0.3, 0.4) is 0 Å². The minimum absolute atomic E-state index is 0.0398. The molecule has 12 nitrogen and oxygen atoms in total. The lowest BCUT2D eigenvalue weighted by Crippen LogP contribution is -2.46. The minimum atomic E-state index is -3.84. The molecule has 0 unspecified atom stereocenters. The van der Waals surface area contributed by atoms with E-state index in [-0.39, 0.29) is 56.9 Å². The number of carbonyl (C=O) groups is 3. The SMILES string of the molecule is CN(C)C/C=C/C(=O)Nc1cccc(S(=O)(=O)N2CCC(NC(=O)c3n[nH]cc3NC(=O)c3c(Cl)cccc3Cl)CC2)c1. The number of sulfonamides is 1. The number of nitrogens with one attached hydrogen (secondary N) is 4. The summed E-state index contributed by atoms with van der Waals surface area (Å²) in [5.41, 5.74) is 0.527. The predicted octanol–water partition coefficient (Wildman–Crippen LogP) is 3.61. The van der Waals surface area contributed by atoms with Crippen molar-refractivity contribution >= 4 is 62.3 Å². The largest absolute Gasteiger partial charge is 0.348 e. The molecule has 0 bridgehead atoms. The van der Waals surface area contributed by atoms with E-state index in [1.807, 2.05) is 19.0 Å². The van der Waals surface area contributed by atoms with Crippen molar-refractivity contribution in [1.82, 2.24) is 24.7 Å². The number of piperidine rings is 1. The van der Waals surface area contributed by atoms with E-state index in [4.69, 9.17) is 23.2 Å². The number of H-pyrrole nitrogens is 1. The highest BCUT2D eigenvalue weighted by Crippen LogP contribution is 2.26. The lowest BCUT2D eigenvalue weighted by molar-refractivity contribution is -0.111. The maximum atomic E-state index is 13.3. The van der Waals surface area contributed by atoms with Gasteiger partial charge >= 0.3 is 0 Å². The molecule has 228 valence electrons. The first-order chi connectivity index (χ1) is 20.5. The van der Waals surface area contributed by atoms with Crippen LogP contribution in [0.2, 0.25) is 10.0 Å². The Hall–Kier alpha value is -3.75. The number of carbonyl (C=O) groups excluding carboxylic acids is 3. The lowest BCUT2D eigenvalue weighted by Gasteiger charge is -2.31. The Labute approximate surface area is 259 Å². The van der Waals surface area contributed by atoms with Crippen LogP contribution in [-0.2, 0) is 14.8 Å². The van der Waals surface area contributed by atoms with Crippen LogP contribution < -0.4 is 16.0 Å². The number of aromatic nitrogens is 2. The molecule has 0 radical (unpaired) electrons. The molecule has 4 rings (SSSR count). The van der Waals surface area contributed by atoms with Gasteiger partial charge in [-0.05, 0) is 57.3 Å². The molecule has 0 spiro atoms. The number of hydrogen-bond acceptors (Lipinski definition) is 7. The molecule has 0 atom stereocenters. The van der Waals surface area contributed by atoms with Crippen molar-refractivity contribution in [2.75, 3.05) is 44.4 Å². The molecule has 0 aliphatic carbocycles. The number of nitrogens with zero attached hydrogens (tertiary/aromatic N) is 3. The Morgan fingerprint density at radius 2 is 1.72 bits per heavy atom. The van der Waals surface area contributed by atoms with Gasteiger partial charge in [0, 0.05) is 43.6 Å². The van der Waals surface area contributed by atoms with Crippen LogP contribution in [0, 0.1) is 0 Å². The zero-order valence-electron chi connectivity index (χ0n) is 23.4. The van der Waals surface area contributed by atoms with E-state index in [2.05, 4.69) is 26.1 Å². The monoisotopic (exact) mass is 647 g/mol. The van der Waals surface area contributed by atoms with Crippen molar-refractivity contribution in [2.24, 2.45) is 0 Å². The van der Waals surface area contributed by atoms with Gasteiger partial charge in [-0.3, -0.25) is 19.5 Å². The van der Waals surface area contributed by atoms with Gasteiger partial charge in [0.15, 0.2) is 5.69 Å². The molecule has 1 aliphatic heterocycles. The molecule has 0 saturated carbocycles. The van der Waals surface area contributed by atoms with E-state index in [0.717, 1.165) is 0 Å². The van der Waals surface area contributed by atoms with E-state index in [1.54, 1.807) is 24.3 Å². The Balaban J connectivity index is 1.34. The Morgan fingerprint density at radius 3 is 2.40 bits per heavy atom. The molecule has 1 aromatic heterocycles. The van der Waals surface area contributed by atoms with Gasteiger partial charge in [-0.25, -0.2) is 8.42 Å². The van der Waals surface area contributed by atoms with Crippen molar-refractivity contribution in [3.05, 3.63) is 82.1 Å². The summed E-state index contributed by atoms with van der Waals surface area (Å²) < 4.78 is 28.0. The topological polar surface area (TPSA) is 157 Å². The fraction of sp³-hybridized carbons (Fsp3) is 0.286. The molecule has 1 saturated heterocycles. The van der Waals surface area contributed by atoms with E-state index in [0.29, 0.717) is 25.1 Å². The van der Waals surface area contributed by atoms with Crippen LogP contribution in [0.15, 0.2) is 65.7 Å². The second-order valence-electron chi connectivity index (χ2n) is 10.0. The van der Waals surface area contributed by atoms with Crippen LogP contribution in [0.25, 0.3) is 0 Å². The summed E-state index contributed by atoms with van der Waals surface area (Å²) in [6.07, 6.45) is 5.19. The number of benzene rings is 2. The zero-order valence-corrected chi connectivity index (χ0v) is 25.8. The Bertz CT molecular complexity index is 1610. The maximum absolute atomic E-state index is 13.3. The molecule has 3 amide bonds. The van der Waals surface area contributed by atoms with E-state index < -0.39 is 21.8 Å². The van der Waals surface area contributed by atoms with Gasteiger partial charge in [-0.15, -0.1) is 0 Å². The average molecular weight is 649 g/mol. The van der Waals surface area contributed by atoms with Crippen LogP contribution in [0.4, 0.5) is 11.4 Å². The van der Waals surface area contributed by atoms with Crippen molar-refractivity contribution in [2.45, 2.75) is 23.8 Å². The van der Waals surface area contributed by atoms with Crippen molar-refractivity contribution < 1.29 is 22.8 Å².